The summed E-state index contributed by atoms with van der Waals surface area (Å²) in [5.74, 6) is -2.44. The second-order valence-electron chi connectivity index (χ2n) is 21.1. The van der Waals surface area contributed by atoms with Gasteiger partial charge < -0.3 is 34.3 Å². The molecule has 16 nitrogen and oxygen atoms in total. The SMILES string of the molecule is CCn1c(-c2cccnc2[C@H](C)OC)c2c3cc(ccc31)-c1cc(O)cc(c1)C[C@H](NC(=O)[C@H](C(C)C)N(C)C(=O)[C@H]1CCN(C(=O)[C@@H]3CCCN3C)C1)C(=O)N1CCC[C@H](N1)C(=O)OCC(C)(C)C2. The fourth-order valence-corrected chi connectivity index (χ4v) is 11.3. The van der Waals surface area contributed by atoms with Gasteiger partial charge in [-0.05, 0) is 131 Å². The van der Waals surface area contributed by atoms with Crippen molar-refractivity contribution < 1.29 is 38.6 Å². The molecule has 0 spiro atoms. The number of carbonyl (C=O) groups is 5. The first-order valence-corrected chi connectivity index (χ1v) is 25.2. The molecule has 6 bridgehead atoms. The number of fused-ring (bicyclic) bond motifs is 6. The number of ether oxygens (including phenoxy) is 2. The maximum absolute atomic E-state index is 14.8. The van der Waals surface area contributed by atoms with Crippen LogP contribution in [0, 0.1) is 17.3 Å². The van der Waals surface area contributed by atoms with Crippen LogP contribution in [0.15, 0.2) is 54.7 Å². The number of esters is 1. The third kappa shape index (κ3) is 10.3. The lowest BCUT2D eigenvalue weighted by Crippen LogP contribution is -2.62. The normalized spacial score (nSPS) is 23.0. The standard InChI is InChI=1S/C54H72N8O8/c1-10-61-44-18-17-35-28-40(44)41(48(61)39-14-11-20-55-46(39)33(4)69-9)29-54(5,6)31-70-53(68)42-15-12-22-62(57-42)51(66)43(26-34-24-37(35)27-38(63)25-34)56-49(64)47(32(2)3)59(8)50(65)36-19-23-60(30-36)52(67)45-16-13-21-58(45)7/h11,14,17-18,20,24-25,27-28,32-33,36,42-43,45,47,57,63H,10,12-13,15-16,19,21-23,26,29-31H2,1-9H3,(H,56,64)/t33-,36-,42-,43-,45-,47-/m0/s1. The molecule has 4 aliphatic heterocycles. The minimum absolute atomic E-state index is 0.00341. The topological polar surface area (TPSA) is 179 Å². The third-order valence-corrected chi connectivity index (χ3v) is 15.0. The molecule has 4 aliphatic rings. The summed E-state index contributed by atoms with van der Waals surface area (Å²) in [5, 5.41) is 16.8. The Morgan fingerprint density at radius 2 is 1.79 bits per heavy atom. The first-order valence-electron chi connectivity index (χ1n) is 25.2. The number of likely N-dealkylation sites (tertiary alicyclic amines) is 2. The van der Waals surface area contributed by atoms with Crippen LogP contribution in [-0.2, 0) is 52.8 Å². The number of hydrazine groups is 1. The fraction of sp³-hybridized carbons (Fsp3) is 0.556. The lowest BCUT2D eigenvalue weighted by atomic mass is 9.84. The molecule has 0 saturated carbocycles. The number of nitrogens with zero attached hydrogens (tertiary/aromatic N) is 6. The molecule has 3 saturated heterocycles. The monoisotopic (exact) mass is 961 g/mol. The third-order valence-electron chi connectivity index (χ3n) is 15.0. The Kier molecular flexibility index (Phi) is 15.1. The van der Waals surface area contributed by atoms with Gasteiger partial charge in [0.25, 0.3) is 5.91 Å². The van der Waals surface area contributed by atoms with Crippen molar-refractivity contribution in [3.63, 3.8) is 0 Å². The molecule has 6 atom stereocenters. The summed E-state index contributed by atoms with van der Waals surface area (Å²) in [6.45, 7) is 14.7. The van der Waals surface area contributed by atoms with Gasteiger partial charge in [-0.15, -0.1) is 0 Å². The van der Waals surface area contributed by atoms with Gasteiger partial charge in [0.2, 0.25) is 17.7 Å². The van der Waals surface area contributed by atoms with Gasteiger partial charge in [0.1, 0.15) is 23.9 Å². The van der Waals surface area contributed by atoms with E-state index in [1.807, 2.05) is 46.0 Å². The van der Waals surface area contributed by atoms with E-state index in [1.165, 1.54) is 9.91 Å². The van der Waals surface area contributed by atoms with Crippen LogP contribution in [0.1, 0.15) is 96.6 Å². The number of aryl methyl sites for hydroxylation is 1. The smallest absolute Gasteiger partial charge is 0.324 e. The second kappa shape index (κ2) is 20.9. The van der Waals surface area contributed by atoms with E-state index >= 15 is 0 Å². The molecule has 6 heterocycles. The fourth-order valence-electron chi connectivity index (χ4n) is 11.3. The summed E-state index contributed by atoms with van der Waals surface area (Å²) < 4.78 is 14.2. The van der Waals surface area contributed by atoms with E-state index < -0.39 is 47.2 Å². The van der Waals surface area contributed by atoms with E-state index in [4.69, 9.17) is 14.5 Å². The van der Waals surface area contributed by atoms with Crippen LogP contribution in [0.2, 0.25) is 0 Å². The average molecular weight is 961 g/mol. The zero-order valence-electron chi connectivity index (χ0n) is 42.4. The Hall–Kier alpha value is -5.84. The number of rotatable bonds is 10. The Labute approximate surface area is 412 Å². The maximum Gasteiger partial charge on any atom is 0.324 e. The molecule has 2 aromatic carbocycles. The Balaban J connectivity index is 1.15. The number of nitrogens with one attached hydrogen (secondary N) is 2. The predicted octanol–water partition coefficient (Wildman–Crippen LogP) is 5.88. The summed E-state index contributed by atoms with van der Waals surface area (Å²) in [5.41, 5.74) is 9.59. The van der Waals surface area contributed by atoms with Crippen LogP contribution < -0.4 is 10.7 Å². The second-order valence-corrected chi connectivity index (χ2v) is 21.1. The van der Waals surface area contributed by atoms with Gasteiger partial charge in [-0.3, -0.25) is 38.9 Å². The van der Waals surface area contributed by atoms with Crippen LogP contribution in [0.5, 0.6) is 5.75 Å². The molecule has 4 amide bonds. The van der Waals surface area contributed by atoms with Crippen molar-refractivity contribution >= 4 is 40.5 Å². The van der Waals surface area contributed by atoms with Gasteiger partial charge in [-0.25, -0.2) is 5.43 Å². The summed E-state index contributed by atoms with van der Waals surface area (Å²) in [4.78, 5) is 81.3. The van der Waals surface area contributed by atoms with Crippen LogP contribution in [0.4, 0.5) is 0 Å². The molecule has 0 radical (unpaired) electrons. The molecular formula is C54H72N8O8. The molecule has 0 aliphatic carbocycles. The number of aromatic nitrogens is 2. The number of benzene rings is 2. The van der Waals surface area contributed by atoms with E-state index in [0.717, 1.165) is 63.9 Å². The highest BCUT2D eigenvalue weighted by Crippen LogP contribution is 2.42. The Bertz CT molecular complexity index is 2630. The number of phenols is 1. The number of hydrogen-bond acceptors (Lipinski definition) is 11. The van der Waals surface area contributed by atoms with Crippen LogP contribution in [0.3, 0.4) is 0 Å². The first-order chi connectivity index (χ1) is 33.4. The molecule has 8 rings (SSSR count). The van der Waals surface area contributed by atoms with E-state index in [9.17, 15) is 29.1 Å². The van der Waals surface area contributed by atoms with Gasteiger partial charge in [-0.2, -0.15) is 0 Å². The molecule has 3 fully saturated rings. The summed E-state index contributed by atoms with van der Waals surface area (Å²) >= 11 is 0. The molecule has 16 heteroatoms. The van der Waals surface area contributed by atoms with Crippen molar-refractivity contribution in [2.24, 2.45) is 17.3 Å². The van der Waals surface area contributed by atoms with Gasteiger partial charge in [0, 0.05) is 74.8 Å². The number of carbonyl (C=O) groups excluding carboxylic acids is 5. The van der Waals surface area contributed by atoms with Gasteiger partial charge in [0.05, 0.1) is 36.1 Å². The van der Waals surface area contributed by atoms with Crippen LogP contribution in [-0.4, -0.2) is 142 Å². The Morgan fingerprint density at radius 1 is 1.01 bits per heavy atom. The highest BCUT2D eigenvalue weighted by atomic mass is 16.5. The highest BCUT2D eigenvalue weighted by Gasteiger charge is 2.42. The molecular weight excluding hydrogens is 889 g/mol. The van der Waals surface area contributed by atoms with E-state index in [0.29, 0.717) is 50.9 Å². The number of amides is 4. The first kappa shape index (κ1) is 50.5. The van der Waals surface area contributed by atoms with E-state index in [1.54, 1.807) is 37.4 Å². The molecule has 70 heavy (non-hydrogen) atoms. The summed E-state index contributed by atoms with van der Waals surface area (Å²) in [6, 6.07) is 12.4. The maximum atomic E-state index is 14.8. The van der Waals surface area contributed by atoms with Crippen molar-refractivity contribution in [3.05, 3.63) is 71.5 Å². The number of likely N-dealkylation sites (N-methyl/N-ethyl adjacent to an activating group) is 2. The summed E-state index contributed by atoms with van der Waals surface area (Å²) in [7, 11) is 5.25. The molecule has 376 valence electrons. The number of methoxy groups -OCH3 is 1. The molecule has 0 unspecified atom stereocenters. The summed E-state index contributed by atoms with van der Waals surface area (Å²) in [6.07, 6.45) is 5.25. The van der Waals surface area contributed by atoms with Crippen LogP contribution >= 0.6 is 0 Å². The van der Waals surface area contributed by atoms with Crippen molar-refractivity contribution in [3.8, 4) is 28.1 Å². The lowest BCUT2D eigenvalue weighted by Gasteiger charge is -2.37. The van der Waals surface area contributed by atoms with Gasteiger partial charge in [-0.1, -0.05) is 39.8 Å². The van der Waals surface area contributed by atoms with Crippen molar-refractivity contribution in [1.29, 1.82) is 0 Å². The van der Waals surface area contributed by atoms with Gasteiger partial charge in [0.15, 0.2) is 0 Å². The number of cyclic esters (lactones) is 1. The zero-order valence-corrected chi connectivity index (χ0v) is 42.4. The largest absolute Gasteiger partial charge is 0.508 e. The van der Waals surface area contributed by atoms with Gasteiger partial charge >= 0.3 is 5.97 Å². The molecule has 2 aromatic heterocycles. The van der Waals surface area contributed by atoms with Crippen molar-refractivity contribution in [2.75, 3.05) is 54.0 Å². The molecule has 4 aromatic rings. The highest BCUT2D eigenvalue weighted by molar-refractivity contribution is 5.96. The quantitative estimate of drug-likeness (QED) is 0.162. The minimum Gasteiger partial charge on any atom is -0.508 e. The van der Waals surface area contributed by atoms with Crippen molar-refractivity contribution in [2.45, 2.75) is 123 Å². The predicted molar refractivity (Wildman–Crippen MR) is 267 cm³/mol. The lowest BCUT2D eigenvalue weighted by molar-refractivity contribution is -0.155. The average Bonchev–Trinajstić information content (AvgIpc) is 4.09. The van der Waals surface area contributed by atoms with E-state index in [2.05, 4.69) is 59.2 Å². The minimum atomic E-state index is -1.16. The number of pyridine rings is 1. The number of aromatic hydroxyl groups is 1. The Morgan fingerprint density at radius 3 is 2.50 bits per heavy atom. The molecule has 3 N–H and O–H groups in total. The zero-order chi connectivity index (χ0) is 50.2. The number of hydrogen-bond donors (Lipinski definition) is 3. The van der Waals surface area contributed by atoms with E-state index in [-0.39, 0.29) is 55.2 Å². The van der Waals surface area contributed by atoms with Crippen molar-refractivity contribution in [1.82, 2.24) is 40.0 Å². The van der Waals surface area contributed by atoms with Crippen LogP contribution in [0.25, 0.3) is 33.3 Å². The number of phenolic OH excluding ortho intramolecular Hbond substituents is 1.